The third kappa shape index (κ3) is 1.65. The smallest absolute Gasteiger partial charge is 0.170 e. The molecule has 0 aliphatic heterocycles. The van der Waals surface area contributed by atoms with Crippen molar-refractivity contribution in [3.05, 3.63) is 35.4 Å². The molecule has 0 radical (unpaired) electrons. The second kappa shape index (κ2) is 3.38. The van der Waals surface area contributed by atoms with Crippen LogP contribution in [0.2, 0.25) is 0 Å². The molecule has 0 atom stereocenters. The first-order chi connectivity index (χ1) is 7.09. The zero-order valence-corrected chi connectivity index (χ0v) is 8.09. The number of hydrogen-bond donors (Lipinski definition) is 1. The van der Waals surface area contributed by atoms with E-state index < -0.39 is 17.0 Å². The average Bonchev–Trinajstić information content (AvgIpc) is 3.02. The maximum Gasteiger partial charge on any atom is 0.170 e. The van der Waals surface area contributed by atoms with Crippen LogP contribution in [0.1, 0.15) is 23.2 Å². The lowest BCUT2D eigenvalue weighted by Crippen LogP contribution is -2.25. The summed E-state index contributed by atoms with van der Waals surface area (Å²) in [6.07, 6.45) is 1.47. The molecule has 1 aromatic rings. The molecule has 2 rings (SSSR count). The standard InChI is InChI=1S/C11H11F2NO/c12-8-2-1-7(5-9(8)13)10(15)11(6-14)3-4-11/h1-2,5H,3-4,6,14H2. The molecule has 1 saturated carbocycles. The van der Waals surface area contributed by atoms with Gasteiger partial charge in [0.15, 0.2) is 17.4 Å². The molecule has 0 amide bonds. The van der Waals surface area contributed by atoms with Crippen molar-refractivity contribution in [3.8, 4) is 0 Å². The number of carbonyl (C=O) groups excluding carboxylic acids is 1. The molecule has 15 heavy (non-hydrogen) atoms. The van der Waals surface area contributed by atoms with Crippen LogP contribution < -0.4 is 5.73 Å². The fourth-order valence-corrected chi connectivity index (χ4v) is 1.62. The van der Waals surface area contributed by atoms with Gasteiger partial charge in [0.25, 0.3) is 0 Å². The maximum atomic E-state index is 12.9. The van der Waals surface area contributed by atoms with Crippen LogP contribution in [0.4, 0.5) is 8.78 Å². The van der Waals surface area contributed by atoms with E-state index in [4.69, 9.17) is 5.73 Å². The molecular weight excluding hydrogens is 200 g/mol. The quantitative estimate of drug-likeness (QED) is 0.776. The van der Waals surface area contributed by atoms with E-state index in [2.05, 4.69) is 0 Å². The monoisotopic (exact) mass is 211 g/mol. The minimum atomic E-state index is -0.992. The predicted octanol–water partition coefficient (Wildman–Crippen LogP) is 1.89. The fraction of sp³-hybridized carbons (Fsp3) is 0.364. The number of carbonyl (C=O) groups is 1. The van der Waals surface area contributed by atoms with Crippen LogP contribution in [0.25, 0.3) is 0 Å². The lowest BCUT2D eigenvalue weighted by atomic mass is 9.95. The van der Waals surface area contributed by atoms with Crippen LogP contribution in [0.5, 0.6) is 0 Å². The Morgan fingerprint density at radius 3 is 2.47 bits per heavy atom. The highest BCUT2D eigenvalue weighted by atomic mass is 19.2. The maximum absolute atomic E-state index is 12.9. The molecule has 0 spiro atoms. The summed E-state index contributed by atoms with van der Waals surface area (Å²) in [5.74, 6) is -2.11. The van der Waals surface area contributed by atoms with Crippen molar-refractivity contribution in [2.45, 2.75) is 12.8 Å². The highest BCUT2D eigenvalue weighted by Gasteiger charge is 2.48. The van der Waals surface area contributed by atoms with Crippen LogP contribution in [0, 0.1) is 17.0 Å². The number of benzene rings is 1. The van der Waals surface area contributed by atoms with Gasteiger partial charge in [-0.25, -0.2) is 8.78 Å². The zero-order valence-electron chi connectivity index (χ0n) is 8.09. The molecule has 80 valence electrons. The number of ketones is 1. The van der Waals surface area contributed by atoms with Crippen molar-refractivity contribution in [3.63, 3.8) is 0 Å². The van der Waals surface area contributed by atoms with E-state index in [1.54, 1.807) is 0 Å². The second-order valence-corrected chi connectivity index (χ2v) is 3.94. The summed E-state index contributed by atoms with van der Waals surface area (Å²) in [4.78, 5) is 11.9. The molecule has 1 aliphatic carbocycles. The number of halogens is 2. The highest BCUT2D eigenvalue weighted by molar-refractivity contribution is 6.02. The van der Waals surface area contributed by atoms with E-state index >= 15 is 0 Å². The molecule has 4 heteroatoms. The molecule has 2 nitrogen and oxygen atoms in total. The van der Waals surface area contributed by atoms with E-state index in [0.717, 1.165) is 25.0 Å². The van der Waals surface area contributed by atoms with Gasteiger partial charge in [0, 0.05) is 17.5 Å². The number of hydrogen-bond acceptors (Lipinski definition) is 2. The Morgan fingerprint density at radius 2 is 2.00 bits per heavy atom. The number of rotatable bonds is 3. The van der Waals surface area contributed by atoms with Crippen LogP contribution in [-0.2, 0) is 0 Å². The van der Waals surface area contributed by atoms with E-state index in [1.165, 1.54) is 6.07 Å². The second-order valence-electron chi connectivity index (χ2n) is 3.94. The Labute approximate surface area is 86.1 Å². The summed E-state index contributed by atoms with van der Waals surface area (Å²) in [6, 6.07) is 3.21. The molecule has 2 N–H and O–H groups in total. The van der Waals surface area contributed by atoms with E-state index in [1.807, 2.05) is 0 Å². The average molecular weight is 211 g/mol. The zero-order chi connectivity index (χ0) is 11.1. The first-order valence-electron chi connectivity index (χ1n) is 4.79. The Kier molecular flexibility index (Phi) is 2.31. The van der Waals surface area contributed by atoms with Crippen molar-refractivity contribution in [2.24, 2.45) is 11.1 Å². The molecule has 0 bridgehead atoms. The van der Waals surface area contributed by atoms with Crippen LogP contribution >= 0.6 is 0 Å². The third-order valence-electron chi connectivity index (χ3n) is 2.91. The van der Waals surface area contributed by atoms with E-state index in [-0.39, 0.29) is 17.9 Å². The predicted molar refractivity (Wildman–Crippen MR) is 51.4 cm³/mol. The van der Waals surface area contributed by atoms with Crippen molar-refractivity contribution < 1.29 is 13.6 Å². The van der Waals surface area contributed by atoms with Crippen LogP contribution in [0.3, 0.4) is 0 Å². The van der Waals surface area contributed by atoms with Gasteiger partial charge in [-0.2, -0.15) is 0 Å². The number of nitrogens with two attached hydrogens (primary N) is 1. The number of Topliss-reactive ketones (excluding diaryl/α,β-unsaturated/α-hetero) is 1. The van der Waals surface area contributed by atoms with Gasteiger partial charge < -0.3 is 5.73 Å². The molecule has 0 heterocycles. The van der Waals surface area contributed by atoms with Gasteiger partial charge in [-0.05, 0) is 31.0 Å². The van der Waals surface area contributed by atoms with Crippen molar-refractivity contribution in [2.75, 3.05) is 6.54 Å². The van der Waals surface area contributed by atoms with Gasteiger partial charge in [-0.15, -0.1) is 0 Å². The van der Waals surface area contributed by atoms with Crippen LogP contribution in [0.15, 0.2) is 18.2 Å². The van der Waals surface area contributed by atoms with Crippen molar-refractivity contribution >= 4 is 5.78 Å². The van der Waals surface area contributed by atoms with Crippen molar-refractivity contribution in [1.29, 1.82) is 0 Å². The minimum Gasteiger partial charge on any atom is -0.329 e. The van der Waals surface area contributed by atoms with Gasteiger partial charge >= 0.3 is 0 Å². The summed E-state index contributed by atoms with van der Waals surface area (Å²) in [5, 5.41) is 0. The lowest BCUT2D eigenvalue weighted by Gasteiger charge is -2.10. The third-order valence-corrected chi connectivity index (χ3v) is 2.91. The van der Waals surface area contributed by atoms with E-state index in [0.29, 0.717) is 0 Å². The summed E-state index contributed by atoms with van der Waals surface area (Å²) in [7, 11) is 0. The largest absolute Gasteiger partial charge is 0.329 e. The Bertz CT molecular complexity index is 413. The topological polar surface area (TPSA) is 43.1 Å². The first-order valence-corrected chi connectivity index (χ1v) is 4.79. The summed E-state index contributed by atoms with van der Waals surface area (Å²) in [5.41, 5.74) is 5.18. The minimum absolute atomic E-state index is 0.177. The molecule has 0 saturated heterocycles. The lowest BCUT2D eigenvalue weighted by molar-refractivity contribution is 0.0905. The summed E-state index contributed by atoms with van der Waals surface area (Å²) >= 11 is 0. The Balaban J connectivity index is 2.30. The molecule has 1 aromatic carbocycles. The van der Waals surface area contributed by atoms with Crippen molar-refractivity contribution in [1.82, 2.24) is 0 Å². The molecule has 1 aliphatic rings. The molecule has 1 fully saturated rings. The van der Waals surface area contributed by atoms with Gasteiger partial charge in [-0.1, -0.05) is 0 Å². The molecule has 0 unspecified atom stereocenters. The fourth-order valence-electron chi connectivity index (χ4n) is 1.62. The van der Waals surface area contributed by atoms with Gasteiger partial charge in [0.2, 0.25) is 0 Å². The normalized spacial score (nSPS) is 17.5. The Morgan fingerprint density at radius 1 is 1.33 bits per heavy atom. The molecular formula is C11H11F2NO. The van der Waals surface area contributed by atoms with E-state index in [9.17, 15) is 13.6 Å². The van der Waals surface area contributed by atoms with Gasteiger partial charge in [0.1, 0.15) is 0 Å². The van der Waals surface area contributed by atoms with Crippen LogP contribution in [-0.4, -0.2) is 12.3 Å². The highest BCUT2D eigenvalue weighted by Crippen LogP contribution is 2.47. The summed E-state index contributed by atoms with van der Waals surface area (Å²) < 4.78 is 25.5. The summed E-state index contributed by atoms with van der Waals surface area (Å²) in [6.45, 7) is 0.269. The molecule has 0 aromatic heterocycles. The van der Waals surface area contributed by atoms with Gasteiger partial charge in [0.05, 0.1) is 0 Å². The van der Waals surface area contributed by atoms with Gasteiger partial charge in [-0.3, -0.25) is 4.79 Å². The first kappa shape index (κ1) is 10.2. The Hall–Kier alpha value is -1.29. The SMILES string of the molecule is NCC1(C(=O)c2ccc(F)c(F)c2)CC1.